The van der Waals surface area contributed by atoms with Crippen molar-refractivity contribution >= 4 is 11.8 Å². The van der Waals surface area contributed by atoms with E-state index in [9.17, 15) is 9.59 Å². The number of amides is 2. The predicted octanol–water partition coefficient (Wildman–Crippen LogP) is 0.372. The number of primary amides is 1. The van der Waals surface area contributed by atoms with Crippen molar-refractivity contribution in [2.75, 3.05) is 13.1 Å². The van der Waals surface area contributed by atoms with E-state index in [2.05, 4.69) is 0 Å². The molecule has 102 valence electrons. The molecule has 2 rings (SSSR count). The van der Waals surface area contributed by atoms with Crippen molar-refractivity contribution in [3.8, 4) is 0 Å². The summed E-state index contributed by atoms with van der Waals surface area (Å²) in [5, 5.41) is 0. The summed E-state index contributed by atoms with van der Waals surface area (Å²) in [6, 6.07) is -0.763. The average molecular weight is 253 g/mol. The third-order valence-corrected chi connectivity index (χ3v) is 4.40. The average Bonchev–Trinajstić information content (AvgIpc) is 2.72. The van der Waals surface area contributed by atoms with Gasteiger partial charge in [0.05, 0.1) is 12.5 Å². The van der Waals surface area contributed by atoms with E-state index in [4.69, 9.17) is 11.5 Å². The second-order valence-corrected chi connectivity index (χ2v) is 5.85. The van der Waals surface area contributed by atoms with E-state index >= 15 is 0 Å². The van der Waals surface area contributed by atoms with Crippen LogP contribution in [0.2, 0.25) is 0 Å². The van der Waals surface area contributed by atoms with Gasteiger partial charge in [-0.25, -0.2) is 0 Å². The molecular weight excluding hydrogens is 230 g/mol. The van der Waals surface area contributed by atoms with Gasteiger partial charge in [-0.1, -0.05) is 19.3 Å². The molecule has 2 fully saturated rings. The van der Waals surface area contributed by atoms with Crippen molar-refractivity contribution in [3.63, 3.8) is 0 Å². The Labute approximate surface area is 108 Å². The highest BCUT2D eigenvalue weighted by atomic mass is 16.2. The van der Waals surface area contributed by atoms with Gasteiger partial charge in [0.15, 0.2) is 0 Å². The first-order valence-corrected chi connectivity index (χ1v) is 6.85. The lowest BCUT2D eigenvalue weighted by molar-refractivity contribution is -0.134. The van der Waals surface area contributed by atoms with Gasteiger partial charge in [0.25, 0.3) is 0 Å². The van der Waals surface area contributed by atoms with Crippen molar-refractivity contribution in [1.82, 2.24) is 4.90 Å². The number of nitrogens with zero attached hydrogens (tertiary/aromatic N) is 1. The van der Waals surface area contributed by atoms with Gasteiger partial charge in [0.2, 0.25) is 11.8 Å². The van der Waals surface area contributed by atoms with Gasteiger partial charge in [0, 0.05) is 13.1 Å². The minimum Gasteiger partial charge on any atom is -0.370 e. The summed E-state index contributed by atoms with van der Waals surface area (Å²) in [5.74, 6) is -0.626. The SMILES string of the molecule is NC(=O)CC(N)C(=O)N1CCC2(CCCCC2)C1. The number of nitrogens with two attached hydrogens (primary N) is 2. The Balaban J connectivity index is 1.91. The summed E-state index contributed by atoms with van der Waals surface area (Å²) < 4.78 is 0. The molecule has 1 saturated carbocycles. The molecule has 18 heavy (non-hydrogen) atoms. The van der Waals surface area contributed by atoms with E-state index in [1.54, 1.807) is 0 Å². The van der Waals surface area contributed by atoms with E-state index < -0.39 is 11.9 Å². The molecule has 1 aliphatic carbocycles. The number of rotatable bonds is 3. The molecule has 2 amide bonds. The molecule has 1 saturated heterocycles. The zero-order valence-electron chi connectivity index (χ0n) is 10.9. The topological polar surface area (TPSA) is 89.4 Å². The number of hydrogen-bond acceptors (Lipinski definition) is 3. The fourth-order valence-electron chi connectivity index (χ4n) is 3.37. The zero-order valence-corrected chi connectivity index (χ0v) is 10.9. The highest BCUT2D eigenvalue weighted by Crippen LogP contribution is 2.43. The Morgan fingerprint density at radius 3 is 2.44 bits per heavy atom. The van der Waals surface area contributed by atoms with E-state index in [-0.39, 0.29) is 12.3 Å². The second-order valence-electron chi connectivity index (χ2n) is 5.85. The van der Waals surface area contributed by atoms with Crippen molar-refractivity contribution in [1.29, 1.82) is 0 Å². The lowest BCUT2D eigenvalue weighted by atomic mass is 9.73. The van der Waals surface area contributed by atoms with Crippen LogP contribution < -0.4 is 11.5 Å². The Bertz CT molecular complexity index is 337. The zero-order chi connectivity index (χ0) is 13.2. The molecule has 0 aromatic rings. The molecule has 5 nitrogen and oxygen atoms in total. The Hall–Kier alpha value is -1.10. The number of carbonyl (C=O) groups excluding carboxylic acids is 2. The monoisotopic (exact) mass is 253 g/mol. The fraction of sp³-hybridized carbons (Fsp3) is 0.846. The lowest BCUT2D eigenvalue weighted by Crippen LogP contribution is -2.45. The Morgan fingerprint density at radius 2 is 1.83 bits per heavy atom. The molecule has 0 aromatic carbocycles. The maximum atomic E-state index is 12.1. The summed E-state index contributed by atoms with van der Waals surface area (Å²) in [4.78, 5) is 24.7. The molecule has 1 spiro atoms. The number of likely N-dealkylation sites (tertiary alicyclic amines) is 1. The minimum atomic E-state index is -0.763. The van der Waals surface area contributed by atoms with Crippen LogP contribution in [0.15, 0.2) is 0 Å². The molecule has 1 aliphatic heterocycles. The van der Waals surface area contributed by atoms with Crippen molar-refractivity contribution in [2.45, 2.75) is 51.0 Å². The van der Waals surface area contributed by atoms with E-state index in [0.717, 1.165) is 19.5 Å². The smallest absolute Gasteiger partial charge is 0.240 e. The summed E-state index contributed by atoms with van der Waals surface area (Å²) in [5.41, 5.74) is 11.1. The first kappa shape index (κ1) is 13.3. The molecular formula is C13H23N3O2. The molecule has 2 aliphatic rings. The first-order valence-electron chi connectivity index (χ1n) is 6.85. The van der Waals surface area contributed by atoms with Crippen LogP contribution in [0.3, 0.4) is 0 Å². The van der Waals surface area contributed by atoms with Crippen LogP contribution in [0, 0.1) is 5.41 Å². The predicted molar refractivity (Wildman–Crippen MR) is 68.5 cm³/mol. The maximum absolute atomic E-state index is 12.1. The summed E-state index contributed by atoms with van der Waals surface area (Å²) in [6.45, 7) is 1.60. The van der Waals surface area contributed by atoms with E-state index in [1.165, 1.54) is 32.1 Å². The van der Waals surface area contributed by atoms with Gasteiger partial charge >= 0.3 is 0 Å². The summed E-state index contributed by atoms with van der Waals surface area (Å²) in [7, 11) is 0. The van der Waals surface area contributed by atoms with Gasteiger partial charge in [-0.2, -0.15) is 0 Å². The summed E-state index contributed by atoms with van der Waals surface area (Å²) >= 11 is 0. The highest BCUT2D eigenvalue weighted by molar-refractivity contribution is 5.87. The molecule has 0 bridgehead atoms. The van der Waals surface area contributed by atoms with Crippen molar-refractivity contribution < 1.29 is 9.59 Å². The standard InChI is InChI=1S/C13H23N3O2/c14-10(8-11(15)17)12(18)16-7-6-13(9-16)4-2-1-3-5-13/h10H,1-9,14H2,(H2,15,17). The van der Waals surface area contributed by atoms with Crippen LogP contribution >= 0.6 is 0 Å². The van der Waals surface area contributed by atoms with E-state index in [1.807, 2.05) is 4.90 Å². The highest BCUT2D eigenvalue weighted by Gasteiger charge is 2.41. The van der Waals surface area contributed by atoms with Crippen molar-refractivity contribution in [3.05, 3.63) is 0 Å². The quantitative estimate of drug-likeness (QED) is 0.761. The fourth-order valence-corrected chi connectivity index (χ4v) is 3.37. The third kappa shape index (κ3) is 2.83. The summed E-state index contributed by atoms with van der Waals surface area (Å²) in [6.07, 6.45) is 7.34. The maximum Gasteiger partial charge on any atom is 0.240 e. The Morgan fingerprint density at radius 1 is 1.17 bits per heavy atom. The lowest BCUT2D eigenvalue weighted by Gasteiger charge is -2.33. The minimum absolute atomic E-state index is 0.0532. The van der Waals surface area contributed by atoms with Gasteiger partial charge in [0.1, 0.15) is 0 Å². The molecule has 0 aromatic heterocycles. The van der Waals surface area contributed by atoms with Crippen LogP contribution in [0.4, 0.5) is 0 Å². The van der Waals surface area contributed by atoms with Gasteiger partial charge in [-0.05, 0) is 24.7 Å². The van der Waals surface area contributed by atoms with Crippen molar-refractivity contribution in [2.24, 2.45) is 16.9 Å². The van der Waals surface area contributed by atoms with Gasteiger partial charge in [-0.3, -0.25) is 9.59 Å². The molecule has 5 heteroatoms. The van der Waals surface area contributed by atoms with Crippen LogP contribution in [0.25, 0.3) is 0 Å². The molecule has 0 radical (unpaired) electrons. The first-order chi connectivity index (χ1) is 8.52. The number of carbonyl (C=O) groups is 2. The van der Waals surface area contributed by atoms with Crippen LogP contribution in [-0.4, -0.2) is 35.8 Å². The second kappa shape index (κ2) is 5.26. The van der Waals surface area contributed by atoms with E-state index in [0.29, 0.717) is 5.41 Å². The number of hydrogen-bond donors (Lipinski definition) is 2. The van der Waals surface area contributed by atoms with Crippen LogP contribution in [0.5, 0.6) is 0 Å². The molecule has 1 atom stereocenters. The van der Waals surface area contributed by atoms with Gasteiger partial charge in [-0.15, -0.1) is 0 Å². The largest absolute Gasteiger partial charge is 0.370 e. The van der Waals surface area contributed by atoms with Crippen LogP contribution in [-0.2, 0) is 9.59 Å². The molecule has 1 heterocycles. The third-order valence-electron chi connectivity index (χ3n) is 4.40. The Kier molecular flexibility index (Phi) is 3.90. The molecule has 4 N–H and O–H groups in total. The van der Waals surface area contributed by atoms with Crippen LogP contribution in [0.1, 0.15) is 44.9 Å². The molecule has 1 unspecified atom stereocenters. The normalized spacial score (nSPS) is 24.2. The van der Waals surface area contributed by atoms with Gasteiger partial charge < -0.3 is 16.4 Å².